The molecule has 0 spiro atoms. The smallest absolute Gasteiger partial charge is 0.0509 e. The van der Waals surface area contributed by atoms with Crippen molar-refractivity contribution in [2.75, 3.05) is 13.1 Å². The van der Waals surface area contributed by atoms with Crippen LogP contribution in [0.25, 0.3) is 0 Å². The Morgan fingerprint density at radius 2 is 1.87 bits per heavy atom. The van der Waals surface area contributed by atoms with Crippen molar-refractivity contribution in [2.24, 2.45) is 0 Å². The van der Waals surface area contributed by atoms with Gasteiger partial charge in [0.2, 0.25) is 0 Å². The molecular formula is C12H17BrClN. The molecule has 0 unspecified atom stereocenters. The normalized spacial score (nSPS) is 19.1. The molecule has 0 N–H and O–H groups in total. The molecule has 1 aromatic carbocycles. The molecule has 0 aliphatic carbocycles. The number of hydrogen-bond acceptors (Lipinski definition) is 1. The summed E-state index contributed by atoms with van der Waals surface area (Å²) in [6.45, 7) is 5.69. The van der Waals surface area contributed by atoms with Crippen molar-refractivity contribution in [3.05, 3.63) is 35.9 Å². The number of halogens is 2. The summed E-state index contributed by atoms with van der Waals surface area (Å²) in [7, 11) is 0. The van der Waals surface area contributed by atoms with Crippen LogP contribution in [0, 0.1) is 0 Å². The van der Waals surface area contributed by atoms with Gasteiger partial charge in [-0.2, -0.15) is 0 Å². The van der Waals surface area contributed by atoms with Crippen LogP contribution in [0.2, 0.25) is 0 Å². The first-order valence-electron chi connectivity index (χ1n) is 5.17. The molecule has 1 nitrogen and oxygen atoms in total. The summed E-state index contributed by atoms with van der Waals surface area (Å²) < 4.78 is 0.405. The largest absolute Gasteiger partial charge is 0.296 e. The van der Waals surface area contributed by atoms with Crippen LogP contribution in [0.1, 0.15) is 18.9 Å². The highest BCUT2D eigenvalue weighted by Gasteiger charge is 2.38. The highest BCUT2D eigenvalue weighted by molar-refractivity contribution is 9.10. The average molecular weight is 291 g/mol. The minimum Gasteiger partial charge on any atom is -0.296 e. The Hall–Kier alpha value is -0.0500. The molecule has 0 atom stereocenters. The van der Waals surface area contributed by atoms with Gasteiger partial charge in [0.15, 0.2) is 0 Å². The van der Waals surface area contributed by atoms with Crippen molar-refractivity contribution in [1.29, 1.82) is 0 Å². The lowest BCUT2D eigenvalue weighted by molar-refractivity contribution is 0.120. The van der Waals surface area contributed by atoms with Gasteiger partial charge < -0.3 is 0 Å². The van der Waals surface area contributed by atoms with Crippen LogP contribution in [0.4, 0.5) is 0 Å². The van der Waals surface area contributed by atoms with Crippen LogP contribution in [-0.2, 0) is 6.54 Å². The van der Waals surface area contributed by atoms with E-state index in [1.54, 1.807) is 0 Å². The van der Waals surface area contributed by atoms with E-state index in [2.05, 4.69) is 58.1 Å². The summed E-state index contributed by atoms with van der Waals surface area (Å²) >= 11 is 3.78. The average Bonchev–Trinajstić information content (AvgIpc) is 2.17. The summed E-state index contributed by atoms with van der Waals surface area (Å²) in [5.74, 6) is 0. The van der Waals surface area contributed by atoms with Crippen molar-refractivity contribution >= 4 is 28.3 Å². The van der Waals surface area contributed by atoms with Crippen molar-refractivity contribution in [1.82, 2.24) is 4.90 Å². The van der Waals surface area contributed by atoms with Crippen molar-refractivity contribution in [3.8, 4) is 0 Å². The third-order valence-corrected chi connectivity index (χ3v) is 3.96. The van der Waals surface area contributed by atoms with E-state index in [4.69, 9.17) is 0 Å². The molecule has 15 heavy (non-hydrogen) atoms. The van der Waals surface area contributed by atoms with E-state index < -0.39 is 0 Å². The van der Waals surface area contributed by atoms with E-state index >= 15 is 0 Å². The van der Waals surface area contributed by atoms with Gasteiger partial charge in [0.25, 0.3) is 0 Å². The summed E-state index contributed by atoms with van der Waals surface area (Å²) in [4.78, 5) is 2.48. The molecule has 84 valence electrons. The third kappa shape index (κ3) is 3.20. The zero-order valence-electron chi connectivity index (χ0n) is 8.95. The van der Waals surface area contributed by atoms with E-state index in [0.717, 1.165) is 6.54 Å². The Morgan fingerprint density at radius 1 is 1.27 bits per heavy atom. The lowest BCUT2D eigenvalue weighted by Crippen LogP contribution is -2.56. The van der Waals surface area contributed by atoms with Gasteiger partial charge in [-0.3, -0.25) is 4.90 Å². The summed E-state index contributed by atoms with van der Waals surface area (Å²) in [6.07, 6.45) is 1.22. The molecule has 1 heterocycles. The maximum atomic E-state index is 3.78. The van der Waals surface area contributed by atoms with Gasteiger partial charge in [-0.1, -0.05) is 53.2 Å². The molecule has 0 bridgehead atoms. The molecular weight excluding hydrogens is 273 g/mol. The second-order valence-corrected chi connectivity index (χ2v) is 5.82. The molecule has 0 saturated carbocycles. The summed E-state index contributed by atoms with van der Waals surface area (Å²) in [6, 6.07) is 10.7. The van der Waals surface area contributed by atoms with Crippen LogP contribution < -0.4 is 0 Å². The van der Waals surface area contributed by atoms with E-state index in [-0.39, 0.29) is 12.4 Å². The first kappa shape index (κ1) is 13.0. The van der Waals surface area contributed by atoms with Crippen LogP contribution in [-0.4, -0.2) is 22.3 Å². The van der Waals surface area contributed by atoms with E-state index in [0.29, 0.717) is 4.32 Å². The molecule has 2 rings (SSSR count). The van der Waals surface area contributed by atoms with Gasteiger partial charge in [0.05, 0.1) is 4.32 Å². The van der Waals surface area contributed by atoms with Crippen LogP contribution >= 0.6 is 28.3 Å². The number of likely N-dealkylation sites (tertiary alicyclic amines) is 1. The highest BCUT2D eigenvalue weighted by atomic mass is 79.9. The topological polar surface area (TPSA) is 3.24 Å². The zero-order chi connectivity index (χ0) is 10.0. The monoisotopic (exact) mass is 289 g/mol. The maximum Gasteiger partial charge on any atom is 0.0509 e. The van der Waals surface area contributed by atoms with Crippen LogP contribution in [0.5, 0.6) is 0 Å². The second kappa shape index (κ2) is 5.33. The minimum absolute atomic E-state index is 0. The number of rotatable bonds is 3. The van der Waals surface area contributed by atoms with Gasteiger partial charge in [-0.15, -0.1) is 12.4 Å². The molecule has 0 radical (unpaired) electrons. The number of alkyl halides is 1. The fraction of sp³-hybridized carbons (Fsp3) is 0.500. The van der Waals surface area contributed by atoms with Crippen molar-refractivity contribution < 1.29 is 0 Å². The summed E-state index contributed by atoms with van der Waals surface area (Å²) in [5.41, 5.74) is 1.41. The van der Waals surface area contributed by atoms with Crippen LogP contribution in [0.15, 0.2) is 30.3 Å². The van der Waals surface area contributed by atoms with E-state index in [1.807, 2.05) is 0 Å². The Balaban J connectivity index is 0.00000112. The number of hydrogen-bond donors (Lipinski definition) is 0. The summed E-state index contributed by atoms with van der Waals surface area (Å²) in [5, 5.41) is 0. The lowest BCUT2D eigenvalue weighted by Gasteiger charge is -2.46. The second-order valence-electron chi connectivity index (χ2n) is 4.14. The van der Waals surface area contributed by atoms with Gasteiger partial charge in [0, 0.05) is 19.6 Å². The predicted molar refractivity (Wildman–Crippen MR) is 70.9 cm³/mol. The Kier molecular flexibility index (Phi) is 4.63. The van der Waals surface area contributed by atoms with Crippen molar-refractivity contribution in [2.45, 2.75) is 24.2 Å². The fourth-order valence-corrected chi connectivity index (χ4v) is 2.64. The Bertz CT molecular complexity index is 296. The standard InChI is InChI=1S/C12H16BrN.ClH/c1-2-12(13)9-14(10-12)8-11-6-4-3-5-7-11;/h3-7H,2,8-10H2,1H3;1H. The first-order chi connectivity index (χ1) is 6.72. The van der Waals surface area contributed by atoms with Gasteiger partial charge >= 0.3 is 0 Å². The molecule has 1 fully saturated rings. The molecule has 3 heteroatoms. The Labute approximate surface area is 106 Å². The fourth-order valence-electron chi connectivity index (χ4n) is 1.93. The first-order valence-corrected chi connectivity index (χ1v) is 5.96. The number of nitrogens with zero attached hydrogens (tertiary/aromatic N) is 1. The Morgan fingerprint density at radius 3 is 2.40 bits per heavy atom. The molecule has 1 aromatic rings. The van der Waals surface area contributed by atoms with Gasteiger partial charge in [0.1, 0.15) is 0 Å². The van der Waals surface area contributed by atoms with Gasteiger partial charge in [-0.05, 0) is 12.0 Å². The number of benzene rings is 1. The molecule has 0 amide bonds. The molecule has 0 aromatic heterocycles. The van der Waals surface area contributed by atoms with Crippen LogP contribution in [0.3, 0.4) is 0 Å². The van der Waals surface area contributed by atoms with E-state index in [1.165, 1.54) is 25.1 Å². The molecule has 1 saturated heterocycles. The SMILES string of the molecule is CCC1(Br)CN(Cc2ccccc2)C1.Cl. The molecule has 1 aliphatic rings. The molecule has 1 aliphatic heterocycles. The zero-order valence-corrected chi connectivity index (χ0v) is 11.4. The highest BCUT2D eigenvalue weighted by Crippen LogP contribution is 2.34. The quantitative estimate of drug-likeness (QED) is 0.771. The van der Waals surface area contributed by atoms with E-state index in [9.17, 15) is 0 Å². The predicted octanol–water partition coefficient (Wildman–Crippen LogP) is 3.47. The van der Waals surface area contributed by atoms with Gasteiger partial charge in [-0.25, -0.2) is 0 Å². The lowest BCUT2D eigenvalue weighted by atomic mass is 9.96. The third-order valence-electron chi connectivity index (χ3n) is 2.90. The van der Waals surface area contributed by atoms with Crippen molar-refractivity contribution in [3.63, 3.8) is 0 Å². The minimum atomic E-state index is 0. The maximum absolute atomic E-state index is 3.78.